The van der Waals surface area contributed by atoms with Crippen molar-refractivity contribution in [3.8, 4) is 0 Å². The number of carbonyl (C=O) groups excluding carboxylic acids is 2. The van der Waals surface area contributed by atoms with E-state index in [1.54, 1.807) is 0 Å². The minimum atomic E-state index is -0.659. The first-order valence-corrected chi connectivity index (χ1v) is 31.4. The molecule has 0 aromatic rings. The summed E-state index contributed by atoms with van der Waals surface area (Å²) in [5.74, 6) is -0.0192. The molecule has 2 atom stereocenters. The van der Waals surface area contributed by atoms with Gasteiger partial charge in [0.15, 0.2) is 0 Å². The van der Waals surface area contributed by atoms with E-state index in [4.69, 9.17) is 4.74 Å². The van der Waals surface area contributed by atoms with Crippen molar-refractivity contribution >= 4 is 11.9 Å². The van der Waals surface area contributed by atoms with Crippen LogP contribution in [0.5, 0.6) is 0 Å². The summed E-state index contributed by atoms with van der Waals surface area (Å²) in [7, 11) is 0. The number of nitrogens with one attached hydrogen (secondary N) is 1. The Hall–Kier alpha value is -1.40. The molecule has 0 spiro atoms. The van der Waals surface area contributed by atoms with Gasteiger partial charge in [-0.25, -0.2) is 0 Å². The quantitative estimate of drug-likeness (QED) is 0.0321. The second-order valence-electron chi connectivity index (χ2n) is 21.7. The van der Waals surface area contributed by atoms with Gasteiger partial charge in [0.1, 0.15) is 0 Å². The lowest BCUT2D eigenvalue weighted by atomic mass is 10.0. The van der Waals surface area contributed by atoms with Gasteiger partial charge in [0.2, 0.25) is 5.91 Å². The molecule has 0 bridgehead atoms. The topological polar surface area (TPSA) is 95.9 Å². The highest BCUT2D eigenvalue weighted by Gasteiger charge is 2.20. The highest BCUT2D eigenvalue weighted by molar-refractivity contribution is 5.76. The van der Waals surface area contributed by atoms with Crippen molar-refractivity contribution in [2.45, 2.75) is 366 Å². The van der Waals surface area contributed by atoms with E-state index in [9.17, 15) is 19.8 Å². The van der Waals surface area contributed by atoms with E-state index < -0.39 is 12.1 Å². The first kappa shape index (κ1) is 67.6. The van der Waals surface area contributed by atoms with E-state index in [0.717, 1.165) is 44.9 Å². The van der Waals surface area contributed by atoms with Gasteiger partial charge in [-0.3, -0.25) is 9.59 Å². The summed E-state index contributed by atoms with van der Waals surface area (Å²) in [6.45, 7) is 4.95. The molecule has 0 aromatic heterocycles. The number of aliphatic hydroxyl groups excluding tert-OH is 2. The molecule has 0 radical (unpaired) electrons. The smallest absolute Gasteiger partial charge is 0.305 e. The van der Waals surface area contributed by atoms with Gasteiger partial charge in [0.05, 0.1) is 25.4 Å². The lowest BCUT2D eigenvalue weighted by molar-refractivity contribution is -0.143. The summed E-state index contributed by atoms with van der Waals surface area (Å²) >= 11 is 0. The number of rotatable bonds is 59. The minimum Gasteiger partial charge on any atom is -0.466 e. The largest absolute Gasteiger partial charge is 0.466 e. The second-order valence-corrected chi connectivity index (χ2v) is 21.7. The van der Waals surface area contributed by atoms with Crippen LogP contribution >= 0.6 is 0 Å². The highest BCUT2D eigenvalue weighted by Crippen LogP contribution is 2.18. The molecular weight excluding hydrogens is 851 g/mol. The van der Waals surface area contributed by atoms with Gasteiger partial charge in [-0.2, -0.15) is 0 Å². The monoisotopic (exact) mass is 974 g/mol. The molecule has 6 heteroatoms. The first-order valence-electron chi connectivity index (χ1n) is 31.4. The number of hydrogen-bond acceptors (Lipinski definition) is 5. The third-order valence-corrected chi connectivity index (χ3v) is 14.8. The van der Waals surface area contributed by atoms with Crippen LogP contribution in [0.4, 0.5) is 0 Å². The molecule has 0 aliphatic carbocycles. The predicted octanol–water partition coefficient (Wildman–Crippen LogP) is 19.6. The highest BCUT2D eigenvalue weighted by atomic mass is 16.5. The van der Waals surface area contributed by atoms with Crippen LogP contribution in [0.15, 0.2) is 12.2 Å². The number of unbranched alkanes of at least 4 members (excludes halogenated alkanes) is 46. The van der Waals surface area contributed by atoms with E-state index in [2.05, 4.69) is 31.3 Å². The number of allylic oxidation sites excluding steroid dienone is 2. The van der Waals surface area contributed by atoms with Crippen LogP contribution in [0, 0.1) is 0 Å². The Morgan fingerprint density at radius 2 is 0.681 bits per heavy atom. The average Bonchev–Trinajstić information content (AvgIpc) is 3.35. The Morgan fingerprint density at radius 3 is 1.03 bits per heavy atom. The van der Waals surface area contributed by atoms with Gasteiger partial charge in [-0.05, 0) is 51.4 Å². The van der Waals surface area contributed by atoms with Crippen LogP contribution < -0.4 is 5.32 Å². The van der Waals surface area contributed by atoms with Crippen LogP contribution in [0.2, 0.25) is 0 Å². The minimum absolute atomic E-state index is 0.0144. The van der Waals surface area contributed by atoms with Gasteiger partial charge in [-0.1, -0.05) is 302 Å². The van der Waals surface area contributed by atoms with Gasteiger partial charge >= 0.3 is 5.97 Å². The van der Waals surface area contributed by atoms with Crippen LogP contribution in [-0.2, 0) is 14.3 Å². The molecule has 0 aromatic carbocycles. The Kier molecular flexibility index (Phi) is 58.0. The van der Waals surface area contributed by atoms with E-state index in [1.807, 2.05) is 0 Å². The maximum Gasteiger partial charge on any atom is 0.305 e. The summed E-state index contributed by atoms with van der Waals surface area (Å²) < 4.78 is 5.50. The summed E-state index contributed by atoms with van der Waals surface area (Å²) in [4.78, 5) is 24.5. The molecule has 0 rings (SSSR count). The summed E-state index contributed by atoms with van der Waals surface area (Å²) in [6, 6.07) is -0.537. The van der Waals surface area contributed by atoms with Gasteiger partial charge < -0.3 is 20.3 Å². The van der Waals surface area contributed by atoms with Gasteiger partial charge in [0, 0.05) is 12.8 Å². The standard InChI is InChI=1S/C63H123NO5/c1-3-5-7-9-11-13-14-15-16-27-31-34-37-41-45-49-53-57-63(68)69-58-54-50-46-42-38-35-32-29-26-24-22-20-18-17-19-21-23-25-28-30-33-36-40-44-48-52-56-62(67)64-60(59-65)61(66)55-51-47-43-39-12-10-8-6-4-2/h15-16,60-61,65-66H,3-14,17-59H2,1-2H3,(H,64,67)/b16-15-. The number of ether oxygens (including phenoxy) is 1. The van der Waals surface area contributed by atoms with Crippen molar-refractivity contribution in [2.24, 2.45) is 0 Å². The molecule has 2 unspecified atom stereocenters. The molecule has 0 saturated carbocycles. The van der Waals surface area contributed by atoms with Crippen LogP contribution in [0.1, 0.15) is 354 Å². The molecule has 410 valence electrons. The number of carbonyl (C=O) groups is 2. The molecule has 6 nitrogen and oxygen atoms in total. The molecule has 0 fully saturated rings. The van der Waals surface area contributed by atoms with Crippen molar-refractivity contribution in [3.63, 3.8) is 0 Å². The summed E-state index contributed by atoms with van der Waals surface area (Å²) in [5, 5.41) is 23.1. The maximum absolute atomic E-state index is 12.4. The maximum atomic E-state index is 12.4. The predicted molar refractivity (Wildman–Crippen MR) is 301 cm³/mol. The SMILES string of the molecule is CCCCCCCC/C=C\CCCCCCCCCC(=O)OCCCCCCCCCCCCCCCCCCCCCCCCCCCCC(=O)NC(CO)C(O)CCCCCCCCCCC. The molecule has 1 amide bonds. The zero-order valence-electron chi connectivity index (χ0n) is 46.8. The van der Waals surface area contributed by atoms with Crippen molar-refractivity contribution in [3.05, 3.63) is 12.2 Å². The molecule has 0 saturated heterocycles. The zero-order valence-corrected chi connectivity index (χ0v) is 46.8. The van der Waals surface area contributed by atoms with Crippen molar-refractivity contribution in [1.29, 1.82) is 0 Å². The molecule has 0 aliphatic heterocycles. The van der Waals surface area contributed by atoms with Crippen molar-refractivity contribution < 1.29 is 24.5 Å². The number of aliphatic hydroxyl groups is 2. The molecule has 0 aliphatic rings. The fourth-order valence-electron chi connectivity index (χ4n) is 9.99. The third-order valence-electron chi connectivity index (χ3n) is 14.8. The van der Waals surface area contributed by atoms with E-state index in [1.165, 1.54) is 276 Å². The van der Waals surface area contributed by atoms with Gasteiger partial charge in [0.25, 0.3) is 0 Å². The molecule has 69 heavy (non-hydrogen) atoms. The molecule has 3 N–H and O–H groups in total. The number of amides is 1. The Labute approximate surface area is 431 Å². The third kappa shape index (κ3) is 55.8. The fourth-order valence-corrected chi connectivity index (χ4v) is 9.99. The summed E-state index contributed by atoms with van der Waals surface area (Å²) in [6.07, 6.45) is 71.0. The Bertz CT molecular complexity index is 1030. The van der Waals surface area contributed by atoms with Crippen LogP contribution in [-0.4, -0.2) is 47.4 Å². The second kappa shape index (κ2) is 59.2. The number of esters is 1. The first-order chi connectivity index (χ1) is 34.0. The normalized spacial score (nSPS) is 12.6. The van der Waals surface area contributed by atoms with E-state index in [-0.39, 0.29) is 18.5 Å². The van der Waals surface area contributed by atoms with Crippen LogP contribution in [0.25, 0.3) is 0 Å². The number of hydrogen-bond donors (Lipinski definition) is 3. The Balaban J connectivity index is 3.31. The molecular formula is C63H123NO5. The van der Waals surface area contributed by atoms with E-state index >= 15 is 0 Å². The van der Waals surface area contributed by atoms with Crippen LogP contribution in [0.3, 0.4) is 0 Å². The van der Waals surface area contributed by atoms with E-state index in [0.29, 0.717) is 25.9 Å². The average molecular weight is 975 g/mol. The lowest BCUT2D eigenvalue weighted by Crippen LogP contribution is -2.45. The molecule has 0 heterocycles. The fraction of sp³-hybridized carbons (Fsp3) is 0.937. The Morgan fingerprint density at radius 1 is 0.391 bits per heavy atom. The zero-order chi connectivity index (χ0) is 50.0. The van der Waals surface area contributed by atoms with Gasteiger partial charge in [-0.15, -0.1) is 0 Å². The lowest BCUT2D eigenvalue weighted by Gasteiger charge is -2.22. The van der Waals surface area contributed by atoms with Crippen molar-refractivity contribution in [1.82, 2.24) is 5.32 Å². The summed E-state index contributed by atoms with van der Waals surface area (Å²) in [5.41, 5.74) is 0. The van der Waals surface area contributed by atoms with Crippen molar-refractivity contribution in [2.75, 3.05) is 13.2 Å².